The summed E-state index contributed by atoms with van der Waals surface area (Å²) >= 11 is 0. The second-order valence-corrected chi connectivity index (χ2v) is 8.45. The molecular formula is C23H36IN5O2. The highest BCUT2D eigenvalue weighted by Gasteiger charge is 2.45. The number of benzene rings is 1. The first kappa shape index (κ1) is 25.4. The monoisotopic (exact) mass is 541 g/mol. The summed E-state index contributed by atoms with van der Waals surface area (Å²) in [6, 6.07) is 10.4. The molecule has 0 saturated carbocycles. The minimum atomic E-state index is -0.765. The van der Waals surface area contributed by atoms with E-state index in [4.69, 9.17) is 4.99 Å². The van der Waals surface area contributed by atoms with E-state index < -0.39 is 5.54 Å². The summed E-state index contributed by atoms with van der Waals surface area (Å²) in [6.07, 6.45) is 3.52. The molecule has 2 aliphatic rings. The number of nitrogens with zero attached hydrogens (tertiary/aromatic N) is 3. The van der Waals surface area contributed by atoms with E-state index in [2.05, 4.69) is 52.8 Å². The van der Waals surface area contributed by atoms with Crippen LogP contribution in [-0.2, 0) is 11.2 Å². The summed E-state index contributed by atoms with van der Waals surface area (Å²) < 4.78 is 0. The molecule has 1 aromatic carbocycles. The van der Waals surface area contributed by atoms with E-state index >= 15 is 0 Å². The lowest BCUT2D eigenvalue weighted by atomic mass is 9.99. The number of hydrogen-bond acceptors (Lipinski definition) is 3. The standard InChI is InChI=1S/C23H35N5O2.HI/c1-4-23(3)20(29)28(22(30)26-23)14-9-13-25-21(24-5-2)27-15-12-19(17-27)16-18-10-7-6-8-11-18;/h6-8,10-11,19H,4-5,9,12-17H2,1-3H3,(H,24,25)(H,26,30);1H. The average molecular weight is 541 g/mol. The summed E-state index contributed by atoms with van der Waals surface area (Å²) in [5.74, 6) is 1.44. The molecule has 0 aliphatic carbocycles. The number of imide groups is 1. The van der Waals surface area contributed by atoms with Crippen molar-refractivity contribution >= 4 is 41.9 Å². The van der Waals surface area contributed by atoms with Crippen LogP contribution in [-0.4, -0.2) is 66.0 Å². The minimum Gasteiger partial charge on any atom is -0.357 e. The molecule has 172 valence electrons. The topological polar surface area (TPSA) is 77.0 Å². The summed E-state index contributed by atoms with van der Waals surface area (Å²) in [7, 11) is 0. The Balaban J connectivity index is 0.00000341. The van der Waals surface area contributed by atoms with Gasteiger partial charge in [-0.1, -0.05) is 37.3 Å². The van der Waals surface area contributed by atoms with Crippen molar-refractivity contribution in [3.8, 4) is 0 Å². The highest BCUT2D eigenvalue weighted by molar-refractivity contribution is 14.0. The normalized spacial score (nSPS) is 23.7. The third-order valence-electron chi connectivity index (χ3n) is 6.14. The highest BCUT2D eigenvalue weighted by atomic mass is 127. The molecule has 31 heavy (non-hydrogen) atoms. The molecule has 0 spiro atoms. The lowest BCUT2D eigenvalue weighted by Gasteiger charge is -2.22. The van der Waals surface area contributed by atoms with Gasteiger partial charge in [0.25, 0.3) is 5.91 Å². The van der Waals surface area contributed by atoms with Crippen LogP contribution in [0.4, 0.5) is 4.79 Å². The Kier molecular flexibility index (Phi) is 9.58. The number of rotatable bonds is 8. The van der Waals surface area contributed by atoms with Crippen molar-refractivity contribution in [2.75, 3.05) is 32.7 Å². The number of carbonyl (C=O) groups is 2. The molecule has 2 N–H and O–H groups in total. The van der Waals surface area contributed by atoms with E-state index in [1.54, 1.807) is 6.92 Å². The molecule has 3 amide bonds. The number of halogens is 1. The third-order valence-corrected chi connectivity index (χ3v) is 6.14. The molecule has 2 atom stereocenters. The quantitative estimate of drug-likeness (QED) is 0.174. The average Bonchev–Trinajstić information content (AvgIpc) is 3.29. The Bertz CT molecular complexity index is 772. The Morgan fingerprint density at radius 2 is 2.00 bits per heavy atom. The molecular weight excluding hydrogens is 505 g/mol. The van der Waals surface area contributed by atoms with Gasteiger partial charge in [-0.25, -0.2) is 4.79 Å². The Hall–Kier alpha value is -1.84. The van der Waals surface area contributed by atoms with Gasteiger partial charge in [-0.2, -0.15) is 0 Å². The zero-order chi connectivity index (χ0) is 21.6. The van der Waals surface area contributed by atoms with Gasteiger partial charge in [-0.05, 0) is 51.0 Å². The van der Waals surface area contributed by atoms with E-state index in [9.17, 15) is 9.59 Å². The number of nitrogens with one attached hydrogen (secondary N) is 2. The van der Waals surface area contributed by atoms with Gasteiger partial charge in [0.1, 0.15) is 5.54 Å². The van der Waals surface area contributed by atoms with Crippen molar-refractivity contribution in [3.05, 3.63) is 35.9 Å². The zero-order valence-corrected chi connectivity index (χ0v) is 21.2. The number of hydrogen-bond donors (Lipinski definition) is 2. The third kappa shape index (κ3) is 6.33. The second kappa shape index (κ2) is 11.7. The van der Waals surface area contributed by atoms with Crippen LogP contribution in [0.25, 0.3) is 0 Å². The fraction of sp³-hybridized carbons (Fsp3) is 0.609. The molecule has 2 fully saturated rings. The maximum Gasteiger partial charge on any atom is 0.325 e. The molecule has 0 bridgehead atoms. The smallest absolute Gasteiger partial charge is 0.325 e. The van der Waals surface area contributed by atoms with Gasteiger partial charge in [0.05, 0.1) is 0 Å². The van der Waals surface area contributed by atoms with E-state index in [-0.39, 0.29) is 35.9 Å². The van der Waals surface area contributed by atoms with Crippen LogP contribution in [0.1, 0.15) is 45.6 Å². The van der Waals surface area contributed by atoms with Crippen LogP contribution >= 0.6 is 24.0 Å². The van der Waals surface area contributed by atoms with E-state index in [0.29, 0.717) is 31.8 Å². The number of carbonyl (C=O) groups excluding carboxylic acids is 2. The SMILES string of the molecule is CCNC(=NCCCN1C(=O)NC(C)(CC)C1=O)N1CCC(Cc2ccccc2)C1.I. The first-order valence-electron chi connectivity index (χ1n) is 11.2. The summed E-state index contributed by atoms with van der Waals surface area (Å²) in [5, 5.41) is 6.19. The van der Waals surface area contributed by atoms with Crippen LogP contribution in [0, 0.1) is 5.92 Å². The molecule has 2 aliphatic heterocycles. The van der Waals surface area contributed by atoms with Gasteiger partial charge in [0.15, 0.2) is 5.96 Å². The van der Waals surface area contributed by atoms with Crippen LogP contribution in [0.2, 0.25) is 0 Å². The van der Waals surface area contributed by atoms with Crippen molar-refractivity contribution in [2.45, 2.75) is 52.0 Å². The van der Waals surface area contributed by atoms with Crippen molar-refractivity contribution in [3.63, 3.8) is 0 Å². The number of urea groups is 1. The Morgan fingerprint density at radius 3 is 2.65 bits per heavy atom. The number of aliphatic imine (C=N–C) groups is 1. The van der Waals surface area contributed by atoms with Gasteiger partial charge in [-0.3, -0.25) is 14.7 Å². The van der Waals surface area contributed by atoms with Crippen molar-refractivity contribution < 1.29 is 9.59 Å². The predicted octanol–water partition coefficient (Wildman–Crippen LogP) is 3.25. The molecule has 2 unspecified atom stereocenters. The number of guanidine groups is 1. The maximum atomic E-state index is 12.5. The van der Waals surface area contributed by atoms with Gasteiger partial charge < -0.3 is 15.5 Å². The van der Waals surface area contributed by atoms with Gasteiger partial charge in [-0.15, -0.1) is 24.0 Å². The lowest BCUT2D eigenvalue weighted by molar-refractivity contribution is -0.130. The fourth-order valence-corrected chi connectivity index (χ4v) is 4.17. The zero-order valence-electron chi connectivity index (χ0n) is 18.9. The number of amides is 3. The largest absolute Gasteiger partial charge is 0.357 e. The molecule has 8 heteroatoms. The van der Waals surface area contributed by atoms with Gasteiger partial charge in [0, 0.05) is 32.7 Å². The summed E-state index contributed by atoms with van der Waals surface area (Å²) in [5.41, 5.74) is 0.623. The van der Waals surface area contributed by atoms with Crippen molar-refractivity contribution in [1.82, 2.24) is 20.4 Å². The maximum absolute atomic E-state index is 12.5. The van der Waals surface area contributed by atoms with Crippen molar-refractivity contribution in [2.24, 2.45) is 10.9 Å². The Morgan fingerprint density at radius 1 is 1.26 bits per heavy atom. The fourth-order valence-electron chi connectivity index (χ4n) is 4.17. The van der Waals surface area contributed by atoms with Gasteiger partial charge >= 0.3 is 6.03 Å². The minimum absolute atomic E-state index is 0. The van der Waals surface area contributed by atoms with Crippen LogP contribution in [0.3, 0.4) is 0 Å². The molecule has 3 rings (SSSR count). The molecule has 7 nitrogen and oxygen atoms in total. The molecule has 2 heterocycles. The predicted molar refractivity (Wildman–Crippen MR) is 135 cm³/mol. The number of likely N-dealkylation sites (tertiary alicyclic amines) is 1. The summed E-state index contributed by atoms with van der Waals surface area (Å²) in [4.78, 5) is 33.0. The van der Waals surface area contributed by atoms with Crippen LogP contribution < -0.4 is 10.6 Å². The first-order chi connectivity index (χ1) is 14.5. The first-order valence-corrected chi connectivity index (χ1v) is 11.2. The highest BCUT2D eigenvalue weighted by Crippen LogP contribution is 2.22. The second-order valence-electron chi connectivity index (χ2n) is 8.45. The Labute approximate surface area is 203 Å². The van der Waals surface area contributed by atoms with Crippen LogP contribution in [0.15, 0.2) is 35.3 Å². The van der Waals surface area contributed by atoms with Gasteiger partial charge in [0.2, 0.25) is 0 Å². The molecule has 0 aromatic heterocycles. The summed E-state index contributed by atoms with van der Waals surface area (Å²) in [6.45, 7) is 9.59. The molecule has 1 aromatic rings. The van der Waals surface area contributed by atoms with Crippen LogP contribution in [0.5, 0.6) is 0 Å². The van der Waals surface area contributed by atoms with E-state index in [1.807, 2.05) is 6.92 Å². The van der Waals surface area contributed by atoms with E-state index in [1.165, 1.54) is 10.5 Å². The lowest BCUT2D eigenvalue weighted by Crippen LogP contribution is -2.43. The molecule has 2 saturated heterocycles. The van der Waals surface area contributed by atoms with E-state index in [0.717, 1.165) is 38.4 Å². The molecule has 0 radical (unpaired) electrons. The van der Waals surface area contributed by atoms with Crippen molar-refractivity contribution in [1.29, 1.82) is 0 Å².